The van der Waals surface area contributed by atoms with Crippen LogP contribution < -0.4 is 10.5 Å². The topological polar surface area (TPSA) is 38.5 Å². The lowest BCUT2D eigenvalue weighted by atomic mass is 10.0. The Morgan fingerprint density at radius 2 is 1.95 bits per heavy atom. The van der Waals surface area contributed by atoms with Gasteiger partial charge in [-0.05, 0) is 51.9 Å². The first-order chi connectivity index (χ1) is 9.49. The van der Waals surface area contributed by atoms with E-state index in [0.29, 0.717) is 12.6 Å². The zero-order chi connectivity index (χ0) is 15.1. The smallest absolute Gasteiger partial charge is 0.120 e. The van der Waals surface area contributed by atoms with Crippen molar-refractivity contribution in [1.82, 2.24) is 4.90 Å². The van der Waals surface area contributed by atoms with E-state index >= 15 is 0 Å². The van der Waals surface area contributed by atoms with Crippen molar-refractivity contribution in [3.05, 3.63) is 29.8 Å². The average molecular weight is 278 g/mol. The summed E-state index contributed by atoms with van der Waals surface area (Å²) in [5.74, 6) is 0.924. The number of nitrogens with two attached hydrogens (primary N) is 1. The molecule has 2 unspecified atom stereocenters. The molecular formula is C17H30N2O. The summed E-state index contributed by atoms with van der Waals surface area (Å²) in [6.45, 7) is 9.19. The van der Waals surface area contributed by atoms with Gasteiger partial charge >= 0.3 is 0 Å². The van der Waals surface area contributed by atoms with E-state index in [9.17, 15) is 0 Å². The van der Waals surface area contributed by atoms with E-state index in [2.05, 4.69) is 37.9 Å². The quantitative estimate of drug-likeness (QED) is 0.789. The number of hydrogen-bond donors (Lipinski definition) is 1. The van der Waals surface area contributed by atoms with Crippen molar-refractivity contribution >= 4 is 0 Å². The third-order valence-corrected chi connectivity index (χ3v) is 3.73. The highest BCUT2D eigenvalue weighted by Crippen LogP contribution is 2.25. The Morgan fingerprint density at radius 3 is 2.50 bits per heavy atom. The SMILES string of the molecule is CCCC(C)N(C)C(CN)c1cccc(OC(C)C)c1. The summed E-state index contributed by atoms with van der Waals surface area (Å²) in [4.78, 5) is 2.37. The largest absolute Gasteiger partial charge is 0.491 e. The molecule has 3 nitrogen and oxygen atoms in total. The third-order valence-electron chi connectivity index (χ3n) is 3.73. The van der Waals surface area contributed by atoms with Crippen LogP contribution in [0.5, 0.6) is 5.75 Å². The van der Waals surface area contributed by atoms with Gasteiger partial charge in [0.25, 0.3) is 0 Å². The molecule has 0 amide bonds. The van der Waals surface area contributed by atoms with Gasteiger partial charge < -0.3 is 10.5 Å². The molecule has 0 saturated carbocycles. The van der Waals surface area contributed by atoms with Gasteiger partial charge in [-0.1, -0.05) is 25.5 Å². The predicted octanol–water partition coefficient (Wildman–Crippen LogP) is 3.59. The second kappa shape index (κ2) is 8.28. The van der Waals surface area contributed by atoms with Crippen LogP contribution in [0.3, 0.4) is 0 Å². The first kappa shape index (κ1) is 17.0. The number of nitrogens with zero attached hydrogens (tertiary/aromatic N) is 1. The molecule has 1 aromatic rings. The number of likely N-dealkylation sites (N-methyl/N-ethyl adjacent to an activating group) is 1. The summed E-state index contributed by atoms with van der Waals surface area (Å²) in [5.41, 5.74) is 7.24. The van der Waals surface area contributed by atoms with Crippen LogP contribution in [-0.4, -0.2) is 30.6 Å². The molecule has 0 saturated heterocycles. The lowest BCUT2D eigenvalue weighted by molar-refractivity contribution is 0.179. The maximum Gasteiger partial charge on any atom is 0.120 e. The Labute approximate surface area is 124 Å². The van der Waals surface area contributed by atoms with Gasteiger partial charge in [0.1, 0.15) is 5.75 Å². The fourth-order valence-corrected chi connectivity index (χ4v) is 2.53. The van der Waals surface area contributed by atoms with Crippen LogP contribution in [0.1, 0.15) is 52.1 Å². The molecular weight excluding hydrogens is 248 g/mol. The maximum absolute atomic E-state index is 6.01. The Kier molecular flexibility index (Phi) is 7.03. The molecule has 3 heteroatoms. The van der Waals surface area contributed by atoms with Crippen molar-refractivity contribution in [2.24, 2.45) is 5.73 Å². The normalized spacial score (nSPS) is 14.6. The van der Waals surface area contributed by atoms with Gasteiger partial charge in [-0.25, -0.2) is 0 Å². The fraction of sp³-hybridized carbons (Fsp3) is 0.647. The van der Waals surface area contributed by atoms with Gasteiger partial charge in [0.15, 0.2) is 0 Å². The number of hydrogen-bond acceptors (Lipinski definition) is 3. The van der Waals surface area contributed by atoms with Crippen LogP contribution in [0.4, 0.5) is 0 Å². The minimum atomic E-state index is 0.193. The van der Waals surface area contributed by atoms with Gasteiger partial charge in [0.05, 0.1) is 6.10 Å². The Morgan fingerprint density at radius 1 is 1.25 bits per heavy atom. The van der Waals surface area contributed by atoms with Crippen molar-refractivity contribution in [2.45, 2.75) is 58.7 Å². The Bertz CT molecular complexity index is 392. The first-order valence-electron chi connectivity index (χ1n) is 7.68. The van der Waals surface area contributed by atoms with E-state index in [1.165, 1.54) is 18.4 Å². The van der Waals surface area contributed by atoms with Crippen LogP contribution in [0.15, 0.2) is 24.3 Å². The molecule has 0 aliphatic carbocycles. The molecule has 1 aromatic carbocycles. The van der Waals surface area contributed by atoms with Gasteiger partial charge in [0.2, 0.25) is 0 Å². The van der Waals surface area contributed by atoms with Gasteiger partial charge in [0, 0.05) is 18.6 Å². The van der Waals surface area contributed by atoms with Crippen LogP contribution >= 0.6 is 0 Å². The van der Waals surface area contributed by atoms with Crippen molar-refractivity contribution < 1.29 is 4.74 Å². The van der Waals surface area contributed by atoms with Crippen molar-refractivity contribution in [3.8, 4) is 5.75 Å². The molecule has 0 fully saturated rings. The minimum Gasteiger partial charge on any atom is -0.491 e. The molecule has 0 aromatic heterocycles. The van der Waals surface area contributed by atoms with Crippen molar-refractivity contribution in [3.63, 3.8) is 0 Å². The molecule has 0 spiro atoms. The summed E-state index contributed by atoms with van der Waals surface area (Å²) in [6, 6.07) is 9.09. The monoisotopic (exact) mass is 278 g/mol. The van der Waals surface area contributed by atoms with Gasteiger partial charge in [-0.3, -0.25) is 4.90 Å². The maximum atomic E-state index is 6.01. The summed E-state index contributed by atoms with van der Waals surface area (Å²) < 4.78 is 5.78. The molecule has 2 N–H and O–H groups in total. The highest BCUT2D eigenvalue weighted by atomic mass is 16.5. The first-order valence-corrected chi connectivity index (χ1v) is 7.68. The summed E-state index contributed by atoms with van der Waals surface area (Å²) >= 11 is 0. The third kappa shape index (κ3) is 4.80. The molecule has 1 rings (SSSR count). The molecule has 0 aliphatic rings. The van der Waals surface area contributed by atoms with E-state index in [-0.39, 0.29) is 12.1 Å². The van der Waals surface area contributed by atoms with Crippen molar-refractivity contribution in [2.75, 3.05) is 13.6 Å². The molecule has 114 valence electrons. The lowest BCUT2D eigenvalue weighted by Crippen LogP contribution is -2.37. The van der Waals surface area contributed by atoms with Crippen LogP contribution in [0, 0.1) is 0 Å². The summed E-state index contributed by atoms with van der Waals surface area (Å²) in [5, 5.41) is 0. The van der Waals surface area contributed by atoms with Crippen LogP contribution in [0.2, 0.25) is 0 Å². The highest BCUT2D eigenvalue weighted by Gasteiger charge is 2.20. The van der Waals surface area contributed by atoms with Gasteiger partial charge in [-0.15, -0.1) is 0 Å². The van der Waals surface area contributed by atoms with E-state index in [4.69, 9.17) is 10.5 Å². The zero-order valence-electron chi connectivity index (χ0n) is 13.6. The lowest BCUT2D eigenvalue weighted by Gasteiger charge is -2.33. The van der Waals surface area contributed by atoms with Crippen LogP contribution in [-0.2, 0) is 0 Å². The Balaban J connectivity index is 2.88. The number of benzene rings is 1. The predicted molar refractivity (Wildman–Crippen MR) is 86.1 cm³/mol. The summed E-state index contributed by atoms with van der Waals surface area (Å²) in [7, 11) is 2.16. The van der Waals surface area contributed by atoms with Crippen molar-refractivity contribution in [1.29, 1.82) is 0 Å². The Hall–Kier alpha value is -1.06. The molecule has 0 aliphatic heterocycles. The number of ether oxygens (including phenoxy) is 1. The minimum absolute atomic E-state index is 0.193. The second-order valence-electron chi connectivity index (χ2n) is 5.79. The summed E-state index contributed by atoms with van der Waals surface area (Å²) in [6.07, 6.45) is 2.58. The zero-order valence-corrected chi connectivity index (χ0v) is 13.6. The molecule has 0 bridgehead atoms. The van der Waals surface area contributed by atoms with E-state index in [1.807, 2.05) is 26.0 Å². The second-order valence-corrected chi connectivity index (χ2v) is 5.79. The average Bonchev–Trinajstić information content (AvgIpc) is 2.39. The van der Waals surface area contributed by atoms with Crippen LogP contribution in [0.25, 0.3) is 0 Å². The fourth-order valence-electron chi connectivity index (χ4n) is 2.53. The van der Waals surface area contributed by atoms with E-state index in [0.717, 1.165) is 5.75 Å². The molecule has 0 radical (unpaired) electrons. The standard InChI is InChI=1S/C17H30N2O/c1-6-8-14(4)19(5)17(12-18)15-9-7-10-16(11-15)20-13(2)3/h7,9-11,13-14,17H,6,8,12,18H2,1-5H3. The number of rotatable bonds is 8. The van der Waals surface area contributed by atoms with E-state index in [1.54, 1.807) is 0 Å². The molecule has 20 heavy (non-hydrogen) atoms. The highest BCUT2D eigenvalue weighted by molar-refractivity contribution is 5.31. The molecule has 2 atom stereocenters. The molecule has 0 heterocycles. The van der Waals surface area contributed by atoms with E-state index < -0.39 is 0 Å². The van der Waals surface area contributed by atoms with Gasteiger partial charge in [-0.2, -0.15) is 0 Å².